The summed E-state index contributed by atoms with van der Waals surface area (Å²) in [5.41, 5.74) is 0. The van der Waals surface area contributed by atoms with Crippen LogP contribution >= 0.6 is 0 Å². The van der Waals surface area contributed by atoms with Gasteiger partial charge in [-0.2, -0.15) is 0 Å². The number of rotatable bonds is 6. The topological polar surface area (TPSA) is 105 Å². The number of aliphatic hydroxyl groups is 1. The van der Waals surface area contributed by atoms with E-state index in [0.717, 1.165) is 0 Å². The maximum atomic E-state index is 11.1. The molecule has 3 N–H and O–H groups in total. The van der Waals surface area contributed by atoms with Crippen molar-refractivity contribution in [2.24, 2.45) is 0 Å². The number of carbonyl (C=O) groups excluding carboxylic acids is 3. The molecule has 0 aromatic heterocycles. The average Bonchev–Trinajstić information content (AvgIpc) is 2.25. The molecule has 0 spiro atoms. The lowest BCUT2D eigenvalue weighted by Crippen LogP contribution is -2.42. The lowest BCUT2D eigenvalue weighted by Gasteiger charge is -2.07. The first kappa shape index (κ1) is 15.4. The quantitative estimate of drug-likeness (QED) is 0.393. The molecular weight excluding hydrogens is 228 g/mol. The molecule has 0 aromatic carbocycles. The van der Waals surface area contributed by atoms with Crippen LogP contribution in [0.4, 0.5) is 0 Å². The van der Waals surface area contributed by atoms with Crippen LogP contribution in [0, 0.1) is 0 Å². The van der Waals surface area contributed by atoms with Crippen molar-refractivity contribution in [1.82, 2.24) is 10.6 Å². The summed E-state index contributed by atoms with van der Waals surface area (Å²) in [6, 6.07) is 0. The molecule has 0 fully saturated rings. The van der Waals surface area contributed by atoms with Gasteiger partial charge in [0.05, 0.1) is 19.1 Å². The first-order valence-electron chi connectivity index (χ1n) is 5.37. The lowest BCUT2D eigenvalue weighted by molar-refractivity contribution is -0.143. The molecule has 1 unspecified atom stereocenters. The van der Waals surface area contributed by atoms with Crippen LogP contribution in [0.2, 0.25) is 0 Å². The Balaban J connectivity index is 3.71. The predicted octanol–water partition coefficient (Wildman–Crippen LogP) is -1.45. The summed E-state index contributed by atoms with van der Waals surface area (Å²) in [5, 5.41) is 13.4. The Labute approximate surface area is 99.5 Å². The molecule has 0 aliphatic heterocycles. The third-order valence-electron chi connectivity index (χ3n) is 1.68. The number of hydrogen-bond donors (Lipinski definition) is 3. The van der Waals surface area contributed by atoms with Crippen molar-refractivity contribution in [2.75, 3.05) is 19.7 Å². The summed E-state index contributed by atoms with van der Waals surface area (Å²) >= 11 is 0. The Morgan fingerprint density at radius 2 is 1.82 bits per heavy atom. The highest BCUT2D eigenvalue weighted by Gasteiger charge is 2.13. The van der Waals surface area contributed by atoms with E-state index >= 15 is 0 Å². The molecule has 0 aliphatic carbocycles. The van der Waals surface area contributed by atoms with E-state index in [2.05, 4.69) is 15.4 Å². The van der Waals surface area contributed by atoms with Crippen LogP contribution in [-0.2, 0) is 19.1 Å². The molecule has 2 amide bonds. The fourth-order valence-electron chi connectivity index (χ4n) is 0.912. The van der Waals surface area contributed by atoms with E-state index in [1.807, 2.05) is 0 Å². The fourth-order valence-corrected chi connectivity index (χ4v) is 0.912. The SMILES string of the molecule is CCOC(=O)CCNC(=O)C(=O)NCC(C)O. The van der Waals surface area contributed by atoms with Gasteiger partial charge in [-0.15, -0.1) is 0 Å². The van der Waals surface area contributed by atoms with Gasteiger partial charge in [-0.3, -0.25) is 14.4 Å². The van der Waals surface area contributed by atoms with Crippen molar-refractivity contribution in [3.63, 3.8) is 0 Å². The van der Waals surface area contributed by atoms with E-state index in [-0.39, 0.29) is 26.1 Å². The molecule has 0 rings (SSSR count). The number of nitrogens with one attached hydrogen (secondary N) is 2. The van der Waals surface area contributed by atoms with E-state index in [9.17, 15) is 14.4 Å². The molecule has 0 aromatic rings. The molecule has 0 radical (unpaired) electrons. The minimum Gasteiger partial charge on any atom is -0.466 e. The van der Waals surface area contributed by atoms with Crippen LogP contribution in [0.15, 0.2) is 0 Å². The zero-order valence-electron chi connectivity index (χ0n) is 9.99. The molecule has 7 heteroatoms. The van der Waals surface area contributed by atoms with E-state index in [4.69, 9.17) is 5.11 Å². The van der Waals surface area contributed by atoms with Crippen molar-refractivity contribution in [2.45, 2.75) is 26.4 Å². The number of esters is 1. The van der Waals surface area contributed by atoms with Gasteiger partial charge in [-0.05, 0) is 13.8 Å². The van der Waals surface area contributed by atoms with Crippen LogP contribution in [0.25, 0.3) is 0 Å². The average molecular weight is 246 g/mol. The Bertz CT molecular complexity index is 278. The summed E-state index contributed by atoms with van der Waals surface area (Å²) < 4.78 is 4.64. The summed E-state index contributed by atoms with van der Waals surface area (Å²) in [4.78, 5) is 33.1. The second kappa shape index (κ2) is 8.51. The molecule has 0 saturated carbocycles. The third-order valence-corrected chi connectivity index (χ3v) is 1.68. The minimum absolute atomic E-state index is 0.00410. The molecule has 7 nitrogen and oxygen atoms in total. The van der Waals surface area contributed by atoms with Crippen LogP contribution in [0.1, 0.15) is 20.3 Å². The normalized spacial score (nSPS) is 11.5. The first-order chi connectivity index (χ1) is 7.97. The van der Waals surface area contributed by atoms with Gasteiger partial charge >= 0.3 is 17.8 Å². The molecular formula is C10H18N2O5. The van der Waals surface area contributed by atoms with Crippen molar-refractivity contribution < 1.29 is 24.2 Å². The lowest BCUT2D eigenvalue weighted by atomic mass is 10.4. The number of amides is 2. The van der Waals surface area contributed by atoms with Gasteiger partial charge in [0.1, 0.15) is 0 Å². The maximum Gasteiger partial charge on any atom is 0.309 e. The van der Waals surface area contributed by atoms with Gasteiger partial charge in [0.25, 0.3) is 0 Å². The van der Waals surface area contributed by atoms with Crippen molar-refractivity contribution in [3.8, 4) is 0 Å². The predicted molar refractivity (Wildman–Crippen MR) is 59.0 cm³/mol. The maximum absolute atomic E-state index is 11.1. The van der Waals surface area contributed by atoms with Gasteiger partial charge < -0.3 is 20.5 Å². The number of hydrogen-bond acceptors (Lipinski definition) is 5. The van der Waals surface area contributed by atoms with Gasteiger partial charge in [0.15, 0.2) is 0 Å². The Morgan fingerprint density at radius 1 is 1.24 bits per heavy atom. The van der Waals surface area contributed by atoms with E-state index in [1.54, 1.807) is 6.92 Å². The van der Waals surface area contributed by atoms with Crippen molar-refractivity contribution in [1.29, 1.82) is 0 Å². The molecule has 1 atom stereocenters. The van der Waals surface area contributed by atoms with Crippen LogP contribution in [0.3, 0.4) is 0 Å². The van der Waals surface area contributed by atoms with E-state index in [0.29, 0.717) is 0 Å². The van der Waals surface area contributed by atoms with Gasteiger partial charge in [-0.25, -0.2) is 0 Å². The summed E-state index contributed by atoms with van der Waals surface area (Å²) in [5.74, 6) is -2.11. The second-order valence-corrected chi connectivity index (χ2v) is 3.37. The number of ether oxygens (including phenoxy) is 1. The zero-order valence-corrected chi connectivity index (χ0v) is 9.99. The highest BCUT2D eigenvalue weighted by molar-refractivity contribution is 6.35. The summed E-state index contributed by atoms with van der Waals surface area (Å²) in [7, 11) is 0. The Kier molecular flexibility index (Phi) is 7.70. The number of carbonyl (C=O) groups is 3. The Morgan fingerprint density at radius 3 is 2.35 bits per heavy atom. The van der Waals surface area contributed by atoms with Gasteiger partial charge in [-0.1, -0.05) is 0 Å². The molecule has 0 saturated heterocycles. The fraction of sp³-hybridized carbons (Fsp3) is 0.700. The Hall–Kier alpha value is -1.63. The largest absolute Gasteiger partial charge is 0.466 e. The molecule has 0 heterocycles. The molecule has 98 valence electrons. The van der Waals surface area contributed by atoms with Crippen LogP contribution < -0.4 is 10.6 Å². The van der Waals surface area contributed by atoms with Crippen LogP contribution in [-0.4, -0.2) is 48.7 Å². The standard InChI is InChI=1S/C10H18N2O5/c1-3-17-8(14)4-5-11-9(15)10(16)12-6-7(2)13/h7,13H,3-6H2,1-2H3,(H,11,15)(H,12,16). The molecule has 0 bridgehead atoms. The highest BCUT2D eigenvalue weighted by atomic mass is 16.5. The highest BCUT2D eigenvalue weighted by Crippen LogP contribution is 1.84. The summed E-state index contributed by atoms with van der Waals surface area (Å²) in [6.45, 7) is 3.49. The van der Waals surface area contributed by atoms with Crippen molar-refractivity contribution in [3.05, 3.63) is 0 Å². The van der Waals surface area contributed by atoms with E-state index < -0.39 is 23.9 Å². The smallest absolute Gasteiger partial charge is 0.309 e. The molecule has 17 heavy (non-hydrogen) atoms. The first-order valence-corrected chi connectivity index (χ1v) is 5.37. The van der Waals surface area contributed by atoms with E-state index in [1.165, 1.54) is 6.92 Å². The third kappa shape index (κ3) is 8.21. The minimum atomic E-state index is -0.838. The number of aliphatic hydroxyl groups excluding tert-OH is 1. The van der Waals surface area contributed by atoms with Gasteiger partial charge in [0.2, 0.25) is 0 Å². The molecule has 0 aliphatic rings. The van der Waals surface area contributed by atoms with Gasteiger partial charge in [0, 0.05) is 13.1 Å². The monoisotopic (exact) mass is 246 g/mol. The van der Waals surface area contributed by atoms with Crippen LogP contribution in [0.5, 0.6) is 0 Å². The van der Waals surface area contributed by atoms with Crippen molar-refractivity contribution >= 4 is 17.8 Å². The zero-order chi connectivity index (χ0) is 13.3. The second-order valence-electron chi connectivity index (χ2n) is 3.37. The summed E-state index contributed by atoms with van der Waals surface area (Å²) in [6.07, 6.45) is -0.699.